The van der Waals surface area contributed by atoms with Crippen molar-refractivity contribution in [3.05, 3.63) is 22.7 Å². The highest BCUT2D eigenvalue weighted by Gasteiger charge is 2.38. The average Bonchev–Trinajstić information content (AvgIpc) is 2.53. The highest BCUT2D eigenvalue weighted by atomic mass is 16.5. The minimum Gasteiger partial charge on any atom is -0.466 e. The van der Waals surface area contributed by atoms with E-state index in [9.17, 15) is 0 Å². The minimum atomic E-state index is 0.801. The molecule has 1 heteroatoms. The second-order valence-electron chi connectivity index (χ2n) is 7.29. The first-order valence-electron chi connectivity index (χ1n) is 9.05. The van der Waals surface area contributed by atoms with E-state index in [0.29, 0.717) is 0 Å². The number of allylic oxidation sites excluding steroid dienone is 4. The molecule has 110 valence electrons. The Balaban J connectivity index is 1.69. The van der Waals surface area contributed by atoms with E-state index in [1.165, 1.54) is 95.0 Å². The summed E-state index contributed by atoms with van der Waals surface area (Å²) >= 11 is 0. The Kier molecular flexibility index (Phi) is 3.62. The number of hydrogen-bond acceptors (Lipinski definition) is 1. The summed E-state index contributed by atoms with van der Waals surface area (Å²) in [5.41, 5.74) is 3.48. The summed E-state index contributed by atoms with van der Waals surface area (Å²) in [7, 11) is 0. The van der Waals surface area contributed by atoms with Crippen LogP contribution >= 0.6 is 0 Å². The Morgan fingerprint density at radius 3 is 1.75 bits per heavy atom. The van der Waals surface area contributed by atoms with Crippen molar-refractivity contribution in [2.24, 2.45) is 11.8 Å². The smallest absolute Gasteiger partial charge is 0.103 e. The Morgan fingerprint density at radius 1 is 0.600 bits per heavy atom. The molecule has 4 aliphatic rings. The van der Waals surface area contributed by atoms with Crippen molar-refractivity contribution in [3.8, 4) is 0 Å². The van der Waals surface area contributed by atoms with Crippen LogP contribution in [0.5, 0.6) is 0 Å². The third-order valence-corrected chi connectivity index (χ3v) is 6.03. The van der Waals surface area contributed by atoms with Crippen LogP contribution in [0.2, 0.25) is 0 Å². The van der Waals surface area contributed by atoms with E-state index in [4.69, 9.17) is 4.74 Å². The average molecular weight is 272 g/mol. The number of hydrogen-bond donors (Lipinski definition) is 0. The quantitative estimate of drug-likeness (QED) is 0.580. The maximum absolute atomic E-state index is 6.37. The monoisotopic (exact) mass is 272 g/mol. The molecule has 1 aliphatic heterocycles. The van der Waals surface area contributed by atoms with Gasteiger partial charge in [-0.25, -0.2) is 0 Å². The molecule has 4 rings (SSSR count). The van der Waals surface area contributed by atoms with Crippen LogP contribution in [0.4, 0.5) is 0 Å². The summed E-state index contributed by atoms with van der Waals surface area (Å²) in [5.74, 6) is 4.56. The lowest BCUT2D eigenvalue weighted by atomic mass is 9.67. The number of rotatable bonds is 1. The van der Waals surface area contributed by atoms with E-state index >= 15 is 0 Å². The molecule has 0 atom stereocenters. The van der Waals surface area contributed by atoms with Gasteiger partial charge >= 0.3 is 0 Å². The molecule has 3 aliphatic carbocycles. The summed E-state index contributed by atoms with van der Waals surface area (Å²) in [5, 5.41) is 0. The molecule has 0 radical (unpaired) electrons. The third kappa shape index (κ3) is 2.23. The summed E-state index contributed by atoms with van der Waals surface area (Å²) in [6.45, 7) is 0. The van der Waals surface area contributed by atoms with Gasteiger partial charge in [-0.1, -0.05) is 19.3 Å². The van der Waals surface area contributed by atoms with Crippen LogP contribution in [0.25, 0.3) is 0 Å². The molecule has 0 spiro atoms. The van der Waals surface area contributed by atoms with Gasteiger partial charge in [0, 0.05) is 18.8 Å². The van der Waals surface area contributed by atoms with E-state index in [1.807, 2.05) is 0 Å². The van der Waals surface area contributed by atoms with Gasteiger partial charge in [-0.2, -0.15) is 0 Å². The van der Waals surface area contributed by atoms with Crippen molar-refractivity contribution >= 4 is 0 Å². The third-order valence-electron chi connectivity index (χ3n) is 6.03. The predicted molar refractivity (Wildman–Crippen MR) is 82.1 cm³/mol. The van der Waals surface area contributed by atoms with Crippen LogP contribution < -0.4 is 0 Å². The van der Waals surface area contributed by atoms with Crippen LogP contribution in [0, 0.1) is 11.8 Å². The van der Waals surface area contributed by atoms with Gasteiger partial charge in [-0.15, -0.1) is 0 Å². The summed E-state index contributed by atoms with van der Waals surface area (Å²) in [4.78, 5) is 0. The minimum absolute atomic E-state index is 0.801. The first-order chi connectivity index (χ1) is 9.93. The molecule has 0 amide bonds. The lowest BCUT2D eigenvalue weighted by Crippen LogP contribution is -2.29. The molecule has 0 N–H and O–H groups in total. The van der Waals surface area contributed by atoms with Gasteiger partial charge in [0.25, 0.3) is 0 Å². The van der Waals surface area contributed by atoms with Crippen LogP contribution in [0.15, 0.2) is 22.7 Å². The summed E-state index contributed by atoms with van der Waals surface area (Å²) in [6.07, 6.45) is 17.9. The molecule has 0 aromatic rings. The van der Waals surface area contributed by atoms with Crippen LogP contribution in [-0.4, -0.2) is 0 Å². The molecule has 1 heterocycles. The molecule has 1 saturated carbocycles. The normalized spacial score (nSPS) is 29.0. The largest absolute Gasteiger partial charge is 0.466 e. The Hall–Kier alpha value is -0.720. The first kappa shape index (κ1) is 13.0. The number of ether oxygens (including phenoxy) is 1. The molecule has 20 heavy (non-hydrogen) atoms. The van der Waals surface area contributed by atoms with Crippen molar-refractivity contribution in [1.82, 2.24) is 0 Å². The second-order valence-corrected chi connectivity index (χ2v) is 7.29. The molecule has 1 nitrogen and oxygen atoms in total. The molecule has 1 fully saturated rings. The molecule has 0 aromatic heterocycles. The zero-order valence-electron chi connectivity index (χ0n) is 12.8. The predicted octanol–water partition coefficient (Wildman–Crippen LogP) is 5.87. The van der Waals surface area contributed by atoms with Crippen molar-refractivity contribution in [3.63, 3.8) is 0 Å². The van der Waals surface area contributed by atoms with E-state index in [1.54, 1.807) is 11.1 Å². The Bertz CT molecular complexity index is 405. The van der Waals surface area contributed by atoms with Crippen LogP contribution in [-0.2, 0) is 4.74 Å². The Labute approximate surface area is 123 Å². The van der Waals surface area contributed by atoms with Crippen molar-refractivity contribution in [2.75, 3.05) is 0 Å². The first-order valence-corrected chi connectivity index (χ1v) is 9.05. The topological polar surface area (TPSA) is 9.23 Å². The molecule has 0 unspecified atom stereocenters. The van der Waals surface area contributed by atoms with E-state index in [2.05, 4.69) is 0 Å². The maximum atomic E-state index is 6.37. The molecule has 0 bridgehead atoms. The molecule has 0 saturated heterocycles. The fourth-order valence-corrected chi connectivity index (χ4v) is 5.09. The summed E-state index contributed by atoms with van der Waals surface area (Å²) < 4.78 is 6.37. The van der Waals surface area contributed by atoms with Gasteiger partial charge in [0.2, 0.25) is 0 Å². The Morgan fingerprint density at radius 2 is 1.15 bits per heavy atom. The van der Waals surface area contributed by atoms with E-state index in [0.717, 1.165) is 11.8 Å². The van der Waals surface area contributed by atoms with E-state index < -0.39 is 0 Å². The molecular weight excluding hydrogens is 244 g/mol. The van der Waals surface area contributed by atoms with Gasteiger partial charge in [-0.05, 0) is 68.4 Å². The highest BCUT2D eigenvalue weighted by Crippen LogP contribution is 2.50. The fraction of sp³-hybridized carbons (Fsp3) is 0.789. The van der Waals surface area contributed by atoms with Crippen LogP contribution in [0.1, 0.15) is 83.5 Å². The molecule has 0 aromatic carbocycles. The lowest BCUT2D eigenvalue weighted by molar-refractivity contribution is 0.190. The van der Waals surface area contributed by atoms with Crippen molar-refractivity contribution in [1.29, 1.82) is 0 Å². The van der Waals surface area contributed by atoms with Gasteiger partial charge < -0.3 is 4.74 Å². The van der Waals surface area contributed by atoms with Crippen LogP contribution in [0.3, 0.4) is 0 Å². The standard InChI is InChI=1S/C19H28O/c1-2-8-14(9-3-1)19-15-10-4-6-12-17(15)20-18-13-7-5-11-16(18)19/h14,19H,1-13H2. The molecular formula is C19H28O. The van der Waals surface area contributed by atoms with Gasteiger partial charge in [0.05, 0.1) is 0 Å². The fourth-order valence-electron chi connectivity index (χ4n) is 5.09. The SMILES string of the molecule is C1CCC(C2C3=C(CCCC3)OC3=C2CCCC3)CC1. The van der Waals surface area contributed by atoms with E-state index in [-0.39, 0.29) is 0 Å². The zero-order valence-corrected chi connectivity index (χ0v) is 12.8. The van der Waals surface area contributed by atoms with Crippen molar-refractivity contribution < 1.29 is 4.74 Å². The van der Waals surface area contributed by atoms with Gasteiger partial charge in [-0.3, -0.25) is 0 Å². The zero-order chi connectivity index (χ0) is 13.4. The summed E-state index contributed by atoms with van der Waals surface area (Å²) in [6, 6.07) is 0. The van der Waals surface area contributed by atoms with Gasteiger partial charge in [0.15, 0.2) is 0 Å². The maximum Gasteiger partial charge on any atom is 0.103 e. The lowest BCUT2D eigenvalue weighted by Gasteiger charge is -2.42. The second kappa shape index (κ2) is 5.58. The van der Waals surface area contributed by atoms with Gasteiger partial charge in [0.1, 0.15) is 11.5 Å². The highest BCUT2D eigenvalue weighted by molar-refractivity contribution is 5.34. The van der Waals surface area contributed by atoms with Crippen molar-refractivity contribution in [2.45, 2.75) is 83.5 Å².